The molecule has 0 atom stereocenters. The molecule has 4 heteroatoms. The molecule has 3 N–H and O–H groups in total. The topological polar surface area (TPSA) is 52.5 Å². The molecule has 0 heterocycles. The summed E-state index contributed by atoms with van der Waals surface area (Å²) in [7, 11) is -1.21. The average molecular weight is 271 g/mol. The highest BCUT2D eigenvalue weighted by Gasteiger charge is 2.03. The second-order valence-electron chi connectivity index (χ2n) is 5.57. The monoisotopic (exact) mass is 271 g/mol. The van der Waals surface area contributed by atoms with Gasteiger partial charge in [0.25, 0.3) is 0 Å². The Morgan fingerprint density at radius 2 is 1.11 bits per heavy atom. The van der Waals surface area contributed by atoms with Crippen LogP contribution >= 0.6 is 0 Å². The highest BCUT2D eigenvalue weighted by Crippen LogP contribution is 2.11. The maximum Gasteiger partial charge on any atom is 0.466 e. The van der Waals surface area contributed by atoms with Gasteiger partial charge in [-0.15, -0.1) is 0 Å². The summed E-state index contributed by atoms with van der Waals surface area (Å²) in [6.45, 7) is 3.16. The summed E-state index contributed by atoms with van der Waals surface area (Å²) in [5, 5.41) is 20.3. The fourth-order valence-electron chi connectivity index (χ4n) is 2.32. The van der Waals surface area contributed by atoms with Crippen LogP contribution in [0.4, 0.5) is 0 Å². The molecule has 0 radical (unpaired) electrons. The van der Waals surface area contributed by atoms with Gasteiger partial charge >= 0.3 is 7.12 Å². The zero-order valence-corrected chi connectivity index (χ0v) is 12.9. The summed E-state index contributed by atoms with van der Waals surface area (Å²) in [4.78, 5) is 0. The standard InChI is InChI=1S/C15H34BNO2/c1-2-3-4-5-6-7-8-9-10-11-12-13-14-17-15-16(18)19/h17-19H,2-15H2,1H3. The third kappa shape index (κ3) is 17.9. The van der Waals surface area contributed by atoms with Crippen LogP contribution < -0.4 is 5.32 Å². The number of rotatable bonds is 15. The summed E-state index contributed by atoms with van der Waals surface area (Å²) < 4.78 is 0. The van der Waals surface area contributed by atoms with Crippen molar-refractivity contribution in [2.45, 2.75) is 84.0 Å². The van der Waals surface area contributed by atoms with Gasteiger partial charge in [-0.1, -0.05) is 77.6 Å². The van der Waals surface area contributed by atoms with Gasteiger partial charge in [0.1, 0.15) is 0 Å². The van der Waals surface area contributed by atoms with E-state index in [4.69, 9.17) is 10.0 Å². The Hall–Kier alpha value is -0.0551. The SMILES string of the molecule is CCCCCCCCCCCCCCNCB(O)O. The van der Waals surface area contributed by atoms with Crippen LogP contribution in [-0.4, -0.2) is 30.2 Å². The van der Waals surface area contributed by atoms with Gasteiger partial charge in [0, 0.05) is 6.44 Å². The van der Waals surface area contributed by atoms with E-state index >= 15 is 0 Å². The highest BCUT2D eigenvalue weighted by atomic mass is 16.4. The van der Waals surface area contributed by atoms with Crippen molar-refractivity contribution in [2.24, 2.45) is 0 Å². The molecule has 0 spiro atoms. The van der Waals surface area contributed by atoms with E-state index in [1.54, 1.807) is 0 Å². The van der Waals surface area contributed by atoms with E-state index in [9.17, 15) is 0 Å². The number of unbranched alkanes of at least 4 members (excludes halogenated alkanes) is 11. The number of hydrogen-bond donors (Lipinski definition) is 3. The fraction of sp³-hybridized carbons (Fsp3) is 1.00. The molecule has 0 aromatic carbocycles. The molecule has 0 bridgehead atoms. The minimum atomic E-state index is -1.21. The molecule has 0 aliphatic carbocycles. The third-order valence-corrected chi connectivity index (χ3v) is 3.53. The third-order valence-electron chi connectivity index (χ3n) is 3.53. The minimum absolute atomic E-state index is 0.290. The smallest absolute Gasteiger partial charge is 0.426 e. The van der Waals surface area contributed by atoms with Gasteiger partial charge in [-0.05, 0) is 13.0 Å². The Labute approximate surface area is 120 Å². The molecule has 0 aliphatic rings. The van der Waals surface area contributed by atoms with Gasteiger partial charge in [0.15, 0.2) is 0 Å². The molecule has 114 valence electrons. The average Bonchev–Trinajstić information content (AvgIpc) is 2.39. The van der Waals surface area contributed by atoms with Crippen LogP contribution in [0.25, 0.3) is 0 Å². The Kier molecular flexibility index (Phi) is 16.0. The van der Waals surface area contributed by atoms with Crippen LogP contribution in [0.15, 0.2) is 0 Å². The predicted octanol–water partition coefficient (Wildman–Crippen LogP) is 3.29. The normalized spacial score (nSPS) is 10.9. The summed E-state index contributed by atoms with van der Waals surface area (Å²) in [6, 6.07) is 0. The fourth-order valence-corrected chi connectivity index (χ4v) is 2.32. The van der Waals surface area contributed by atoms with Crippen molar-refractivity contribution in [3.8, 4) is 0 Å². The first kappa shape index (κ1) is 18.9. The Morgan fingerprint density at radius 1 is 0.684 bits per heavy atom. The zero-order valence-electron chi connectivity index (χ0n) is 12.9. The largest absolute Gasteiger partial charge is 0.466 e. The van der Waals surface area contributed by atoms with Crippen LogP contribution in [0.2, 0.25) is 0 Å². The molecule has 0 saturated carbocycles. The van der Waals surface area contributed by atoms with E-state index in [-0.39, 0.29) is 6.44 Å². The molecule has 0 fully saturated rings. The van der Waals surface area contributed by atoms with Gasteiger partial charge in [-0.3, -0.25) is 0 Å². The first-order chi connectivity index (χ1) is 9.27. The van der Waals surface area contributed by atoms with E-state index in [2.05, 4.69) is 12.2 Å². The molecule has 3 nitrogen and oxygen atoms in total. The minimum Gasteiger partial charge on any atom is -0.426 e. The predicted molar refractivity (Wildman–Crippen MR) is 84.1 cm³/mol. The van der Waals surface area contributed by atoms with Gasteiger partial charge in [-0.2, -0.15) is 0 Å². The molecular formula is C15H34BNO2. The quantitative estimate of drug-likeness (QED) is 0.316. The van der Waals surface area contributed by atoms with Crippen LogP contribution in [0.1, 0.15) is 84.0 Å². The summed E-state index contributed by atoms with van der Waals surface area (Å²) >= 11 is 0. The summed E-state index contributed by atoms with van der Waals surface area (Å²) in [5.41, 5.74) is 0. The van der Waals surface area contributed by atoms with Crippen molar-refractivity contribution in [3.05, 3.63) is 0 Å². The van der Waals surface area contributed by atoms with Crippen LogP contribution in [0.5, 0.6) is 0 Å². The lowest BCUT2D eigenvalue weighted by atomic mass is 9.92. The van der Waals surface area contributed by atoms with E-state index < -0.39 is 7.12 Å². The van der Waals surface area contributed by atoms with Gasteiger partial charge in [0.05, 0.1) is 0 Å². The molecule has 0 amide bonds. The second kappa shape index (κ2) is 16.0. The van der Waals surface area contributed by atoms with E-state index in [1.165, 1.54) is 70.6 Å². The van der Waals surface area contributed by atoms with Gasteiger partial charge < -0.3 is 15.4 Å². The molecule has 0 aromatic heterocycles. The molecule has 0 saturated heterocycles. The van der Waals surface area contributed by atoms with E-state index in [0.29, 0.717) is 0 Å². The Morgan fingerprint density at radius 3 is 1.53 bits per heavy atom. The molecule has 0 unspecified atom stereocenters. The summed E-state index contributed by atoms with van der Waals surface area (Å²) in [5.74, 6) is 0. The van der Waals surface area contributed by atoms with E-state index in [1.807, 2.05) is 0 Å². The van der Waals surface area contributed by atoms with Crippen molar-refractivity contribution < 1.29 is 10.0 Å². The van der Waals surface area contributed by atoms with Gasteiger partial charge in [0.2, 0.25) is 0 Å². The summed E-state index contributed by atoms with van der Waals surface area (Å²) in [6.07, 6.45) is 16.6. The van der Waals surface area contributed by atoms with Crippen molar-refractivity contribution in [3.63, 3.8) is 0 Å². The Bertz CT molecular complexity index is 168. The lowest BCUT2D eigenvalue weighted by Gasteiger charge is -2.04. The van der Waals surface area contributed by atoms with Crippen molar-refractivity contribution in [1.29, 1.82) is 0 Å². The van der Waals surface area contributed by atoms with Gasteiger partial charge in [-0.25, -0.2) is 0 Å². The highest BCUT2D eigenvalue weighted by molar-refractivity contribution is 6.41. The number of nitrogens with one attached hydrogen (secondary N) is 1. The number of hydrogen-bond acceptors (Lipinski definition) is 3. The lowest BCUT2D eigenvalue weighted by Crippen LogP contribution is -2.31. The molecule has 0 rings (SSSR count). The van der Waals surface area contributed by atoms with Crippen LogP contribution in [0.3, 0.4) is 0 Å². The van der Waals surface area contributed by atoms with Crippen molar-refractivity contribution in [2.75, 3.05) is 13.0 Å². The lowest BCUT2D eigenvalue weighted by molar-refractivity contribution is 0.398. The van der Waals surface area contributed by atoms with Crippen molar-refractivity contribution >= 4 is 7.12 Å². The first-order valence-corrected chi connectivity index (χ1v) is 8.34. The molecular weight excluding hydrogens is 237 g/mol. The second-order valence-corrected chi connectivity index (χ2v) is 5.57. The zero-order chi connectivity index (χ0) is 14.2. The van der Waals surface area contributed by atoms with Crippen LogP contribution in [-0.2, 0) is 0 Å². The van der Waals surface area contributed by atoms with Crippen LogP contribution in [0, 0.1) is 0 Å². The van der Waals surface area contributed by atoms with E-state index in [0.717, 1.165) is 13.0 Å². The maximum absolute atomic E-state index is 8.64. The maximum atomic E-state index is 8.64. The molecule has 0 aromatic rings. The first-order valence-electron chi connectivity index (χ1n) is 8.34. The molecule has 0 aliphatic heterocycles. The Balaban J connectivity index is 2.91. The van der Waals surface area contributed by atoms with Crippen molar-refractivity contribution in [1.82, 2.24) is 5.32 Å². The molecule has 19 heavy (non-hydrogen) atoms.